The van der Waals surface area contributed by atoms with E-state index < -0.39 is 12.0 Å². The molecule has 0 saturated carbocycles. The molecular weight excluding hydrogens is 284 g/mol. The Kier molecular flexibility index (Phi) is 6.09. The fourth-order valence-electron chi connectivity index (χ4n) is 2.36. The Morgan fingerprint density at radius 3 is 2.59 bits per heavy atom. The van der Waals surface area contributed by atoms with Gasteiger partial charge in [0.2, 0.25) is 5.95 Å². The van der Waals surface area contributed by atoms with Crippen molar-refractivity contribution in [2.75, 3.05) is 31.2 Å². The predicted octanol–water partition coefficient (Wildman–Crippen LogP) is 0.902. The van der Waals surface area contributed by atoms with Crippen molar-refractivity contribution in [1.29, 1.82) is 0 Å². The molecule has 2 heterocycles. The molecule has 0 amide bonds. The van der Waals surface area contributed by atoms with Crippen LogP contribution in [0.5, 0.6) is 0 Å². The van der Waals surface area contributed by atoms with Crippen LogP contribution in [0.1, 0.15) is 25.8 Å². The number of hydrogen-bond acceptors (Lipinski definition) is 6. The first-order valence-corrected chi connectivity index (χ1v) is 7.71. The minimum atomic E-state index is -0.819. The number of hydrogen-bond donors (Lipinski definition) is 2. The molecule has 7 heteroatoms. The van der Waals surface area contributed by atoms with Gasteiger partial charge in [-0.3, -0.25) is 10.1 Å². The Hall–Kier alpha value is -1.73. The molecule has 22 heavy (non-hydrogen) atoms. The summed E-state index contributed by atoms with van der Waals surface area (Å²) in [7, 11) is 0. The first-order valence-electron chi connectivity index (χ1n) is 7.71. The topological polar surface area (TPSA) is 87.6 Å². The van der Waals surface area contributed by atoms with Gasteiger partial charge in [0, 0.05) is 37.6 Å². The molecule has 0 unspecified atom stereocenters. The van der Waals surface area contributed by atoms with Gasteiger partial charge in [-0.25, -0.2) is 9.97 Å². The van der Waals surface area contributed by atoms with Crippen LogP contribution >= 0.6 is 0 Å². The molecule has 2 rings (SSSR count). The standard InChI is InChI=1S/C15H24N4O3/c1-3-11(2)13(14(20)21)16-8-12-9-17-15(18-10-12)19-4-6-22-7-5-19/h9-11,13,16H,3-8H2,1-2H3,(H,20,21)/t11-,13-/m1/s1. The molecular formula is C15H24N4O3. The molecule has 1 aromatic heterocycles. The number of carboxylic acids is 1. The summed E-state index contributed by atoms with van der Waals surface area (Å²) in [6.45, 7) is 7.36. The summed E-state index contributed by atoms with van der Waals surface area (Å²) in [5.74, 6) is -0.0463. The van der Waals surface area contributed by atoms with Gasteiger partial charge in [0.1, 0.15) is 6.04 Å². The molecule has 0 bridgehead atoms. The number of nitrogens with one attached hydrogen (secondary N) is 1. The maximum absolute atomic E-state index is 11.3. The lowest BCUT2D eigenvalue weighted by Crippen LogP contribution is -2.41. The predicted molar refractivity (Wildman–Crippen MR) is 82.8 cm³/mol. The van der Waals surface area contributed by atoms with E-state index in [-0.39, 0.29) is 5.92 Å². The third-order valence-corrected chi connectivity index (χ3v) is 3.99. The first-order chi connectivity index (χ1) is 10.6. The maximum atomic E-state index is 11.3. The van der Waals surface area contributed by atoms with Crippen molar-refractivity contribution in [3.63, 3.8) is 0 Å². The fraction of sp³-hybridized carbons (Fsp3) is 0.667. The third-order valence-electron chi connectivity index (χ3n) is 3.99. The van der Waals surface area contributed by atoms with E-state index >= 15 is 0 Å². The Balaban J connectivity index is 1.91. The van der Waals surface area contributed by atoms with Crippen LogP contribution in [0.4, 0.5) is 5.95 Å². The minimum absolute atomic E-state index is 0.0750. The second-order valence-electron chi connectivity index (χ2n) is 5.57. The zero-order valence-corrected chi connectivity index (χ0v) is 13.2. The summed E-state index contributed by atoms with van der Waals surface area (Å²) in [6, 6.07) is -0.552. The van der Waals surface area contributed by atoms with Crippen molar-refractivity contribution in [1.82, 2.24) is 15.3 Å². The van der Waals surface area contributed by atoms with Crippen molar-refractivity contribution in [3.05, 3.63) is 18.0 Å². The first kappa shape index (κ1) is 16.6. The summed E-state index contributed by atoms with van der Waals surface area (Å²) in [6.07, 6.45) is 4.32. The summed E-state index contributed by atoms with van der Waals surface area (Å²) < 4.78 is 5.30. The Bertz CT molecular complexity index is 474. The normalized spacial score (nSPS) is 18.0. The number of aliphatic carboxylic acids is 1. The monoisotopic (exact) mass is 308 g/mol. The smallest absolute Gasteiger partial charge is 0.320 e. The molecule has 2 N–H and O–H groups in total. The number of aromatic nitrogens is 2. The van der Waals surface area contributed by atoms with Crippen LogP contribution in [0, 0.1) is 5.92 Å². The van der Waals surface area contributed by atoms with Gasteiger partial charge in [-0.2, -0.15) is 0 Å². The van der Waals surface area contributed by atoms with E-state index in [4.69, 9.17) is 4.74 Å². The number of anilines is 1. The van der Waals surface area contributed by atoms with Crippen molar-refractivity contribution >= 4 is 11.9 Å². The van der Waals surface area contributed by atoms with Gasteiger partial charge in [-0.15, -0.1) is 0 Å². The fourth-order valence-corrected chi connectivity index (χ4v) is 2.36. The largest absolute Gasteiger partial charge is 0.480 e. The highest BCUT2D eigenvalue weighted by Gasteiger charge is 2.22. The van der Waals surface area contributed by atoms with Crippen LogP contribution in [0.15, 0.2) is 12.4 Å². The molecule has 1 fully saturated rings. The lowest BCUT2D eigenvalue weighted by Gasteiger charge is -2.26. The number of nitrogens with zero attached hydrogens (tertiary/aromatic N) is 3. The van der Waals surface area contributed by atoms with Gasteiger partial charge in [-0.05, 0) is 5.92 Å². The molecule has 1 aromatic rings. The lowest BCUT2D eigenvalue weighted by molar-refractivity contribution is -0.140. The van der Waals surface area contributed by atoms with Gasteiger partial charge in [-0.1, -0.05) is 20.3 Å². The summed E-state index contributed by atoms with van der Waals surface area (Å²) in [5, 5.41) is 12.3. The zero-order chi connectivity index (χ0) is 15.9. The molecule has 122 valence electrons. The van der Waals surface area contributed by atoms with Crippen LogP contribution in [-0.4, -0.2) is 53.4 Å². The summed E-state index contributed by atoms with van der Waals surface area (Å²) in [5.41, 5.74) is 0.881. The van der Waals surface area contributed by atoms with Crippen molar-refractivity contribution < 1.29 is 14.6 Å². The Labute approximate surface area is 130 Å². The molecule has 0 radical (unpaired) electrons. The van der Waals surface area contributed by atoms with Crippen LogP contribution in [0.3, 0.4) is 0 Å². The maximum Gasteiger partial charge on any atom is 0.320 e. The Morgan fingerprint density at radius 2 is 2.05 bits per heavy atom. The molecule has 0 aromatic carbocycles. The summed E-state index contributed by atoms with van der Waals surface area (Å²) in [4.78, 5) is 22.1. The lowest BCUT2D eigenvalue weighted by atomic mass is 9.99. The van der Waals surface area contributed by atoms with Crippen molar-refractivity contribution in [3.8, 4) is 0 Å². The van der Waals surface area contributed by atoms with Crippen molar-refractivity contribution in [2.24, 2.45) is 5.92 Å². The number of carboxylic acid groups (broad SMARTS) is 1. The van der Waals surface area contributed by atoms with Crippen molar-refractivity contribution in [2.45, 2.75) is 32.9 Å². The average Bonchev–Trinajstić information content (AvgIpc) is 2.56. The highest BCUT2D eigenvalue weighted by molar-refractivity contribution is 5.73. The highest BCUT2D eigenvalue weighted by atomic mass is 16.5. The number of carbonyl (C=O) groups is 1. The van der Waals surface area contributed by atoms with Gasteiger partial charge < -0.3 is 14.7 Å². The molecule has 7 nitrogen and oxygen atoms in total. The number of morpholine rings is 1. The van der Waals surface area contributed by atoms with Gasteiger partial charge in [0.15, 0.2) is 0 Å². The zero-order valence-electron chi connectivity index (χ0n) is 13.2. The van der Waals surface area contributed by atoms with E-state index in [0.717, 1.165) is 25.1 Å². The van der Waals surface area contributed by atoms with Crippen LogP contribution in [-0.2, 0) is 16.1 Å². The molecule has 1 aliphatic rings. The second-order valence-corrected chi connectivity index (χ2v) is 5.57. The molecule has 2 atom stereocenters. The molecule has 1 saturated heterocycles. The van der Waals surface area contributed by atoms with E-state index in [9.17, 15) is 9.90 Å². The van der Waals surface area contributed by atoms with E-state index in [0.29, 0.717) is 25.7 Å². The Morgan fingerprint density at radius 1 is 1.41 bits per heavy atom. The summed E-state index contributed by atoms with van der Waals surface area (Å²) >= 11 is 0. The van der Waals surface area contributed by atoms with Gasteiger partial charge >= 0.3 is 5.97 Å². The molecule has 1 aliphatic heterocycles. The van der Waals surface area contributed by atoms with Gasteiger partial charge in [0.25, 0.3) is 0 Å². The molecule has 0 spiro atoms. The highest BCUT2D eigenvalue weighted by Crippen LogP contribution is 2.11. The average molecular weight is 308 g/mol. The van der Waals surface area contributed by atoms with Gasteiger partial charge in [0.05, 0.1) is 13.2 Å². The van der Waals surface area contributed by atoms with E-state index in [1.807, 2.05) is 13.8 Å². The third kappa shape index (κ3) is 4.38. The molecule has 0 aliphatic carbocycles. The number of ether oxygens (including phenoxy) is 1. The van der Waals surface area contributed by atoms with Crippen LogP contribution in [0.2, 0.25) is 0 Å². The SMILES string of the molecule is CC[C@@H](C)[C@@H](NCc1cnc(N2CCOCC2)nc1)C(=O)O. The van der Waals surface area contributed by atoms with Crippen LogP contribution < -0.4 is 10.2 Å². The quantitative estimate of drug-likeness (QED) is 0.774. The van der Waals surface area contributed by atoms with Crippen LogP contribution in [0.25, 0.3) is 0 Å². The van der Waals surface area contributed by atoms with E-state index in [1.54, 1.807) is 12.4 Å². The minimum Gasteiger partial charge on any atom is -0.480 e. The van der Waals surface area contributed by atoms with E-state index in [1.165, 1.54) is 0 Å². The van der Waals surface area contributed by atoms with E-state index in [2.05, 4.69) is 20.2 Å². The second kappa shape index (κ2) is 8.05. The number of rotatable bonds is 7.